The summed E-state index contributed by atoms with van der Waals surface area (Å²) in [6, 6.07) is 18.5. The van der Waals surface area contributed by atoms with E-state index in [4.69, 9.17) is 9.57 Å². The summed E-state index contributed by atoms with van der Waals surface area (Å²) >= 11 is 0. The van der Waals surface area contributed by atoms with Gasteiger partial charge in [0.1, 0.15) is 12.6 Å². The third kappa shape index (κ3) is 6.09. The van der Waals surface area contributed by atoms with E-state index in [-0.39, 0.29) is 36.9 Å². The predicted molar refractivity (Wildman–Crippen MR) is 145 cm³/mol. The Morgan fingerprint density at radius 1 is 0.974 bits per heavy atom. The molecule has 9 heteroatoms. The summed E-state index contributed by atoms with van der Waals surface area (Å²) < 4.78 is 5.68. The third-order valence-electron chi connectivity index (χ3n) is 7.72. The summed E-state index contributed by atoms with van der Waals surface area (Å²) in [6.45, 7) is 5.92. The number of hydrogen-bond donors (Lipinski definition) is 1. The number of piperazine rings is 1. The van der Waals surface area contributed by atoms with Gasteiger partial charge < -0.3 is 19.9 Å². The van der Waals surface area contributed by atoms with E-state index in [2.05, 4.69) is 5.32 Å². The Bertz CT molecular complexity index is 1140. The zero-order chi connectivity index (χ0) is 27.4. The summed E-state index contributed by atoms with van der Waals surface area (Å²) in [6.07, 6.45) is 0.125. The van der Waals surface area contributed by atoms with Crippen molar-refractivity contribution in [2.24, 2.45) is 5.92 Å². The zero-order valence-electron chi connectivity index (χ0n) is 22.7. The average Bonchev–Trinajstić information content (AvgIpc) is 2.95. The number of carbonyl (C=O) groups excluding carboxylic acids is 3. The quantitative estimate of drug-likeness (QED) is 0.586. The van der Waals surface area contributed by atoms with E-state index in [1.165, 1.54) is 5.06 Å². The monoisotopic (exact) mass is 534 g/mol. The van der Waals surface area contributed by atoms with Crippen LogP contribution in [0.1, 0.15) is 44.2 Å². The van der Waals surface area contributed by atoms with Gasteiger partial charge in [0, 0.05) is 12.5 Å². The van der Waals surface area contributed by atoms with E-state index in [0.29, 0.717) is 12.8 Å². The molecule has 0 bridgehead atoms. The van der Waals surface area contributed by atoms with Crippen LogP contribution in [0.3, 0.4) is 0 Å². The van der Waals surface area contributed by atoms with Gasteiger partial charge >= 0.3 is 6.09 Å². The van der Waals surface area contributed by atoms with Crippen LogP contribution in [0.2, 0.25) is 0 Å². The van der Waals surface area contributed by atoms with E-state index < -0.39 is 24.4 Å². The maximum Gasteiger partial charge on any atom is 0.436 e. The normalized spacial score (nSPS) is 24.2. The number of benzene rings is 2. The van der Waals surface area contributed by atoms with Crippen molar-refractivity contribution in [3.05, 3.63) is 71.8 Å². The summed E-state index contributed by atoms with van der Waals surface area (Å²) in [5, 5.41) is 4.57. The number of hydroxylamine groups is 2. The van der Waals surface area contributed by atoms with Crippen LogP contribution in [0.5, 0.6) is 0 Å². The summed E-state index contributed by atoms with van der Waals surface area (Å²) in [5.74, 6) is -0.171. The molecule has 0 aliphatic carbocycles. The number of nitrogens with one attached hydrogen (secondary N) is 1. The van der Waals surface area contributed by atoms with Gasteiger partial charge in [-0.3, -0.25) is 14.4 Å². The molecule has 3 heterocycles. The Labute approximate surface area is 230 Å². The van der Waals surface area contributed by atoms with Crippen LogP contribution in [0, 0.1) is 5.92 Å². The smallest absolute Gasteiger partial charge is 0.436 e. The van der Waals surface area contributed by atoms with Gasteiger partial charge in [0.15, 0.2) is 12.3 Å². The highest BCUT2D eigenvalue weighted by molar-refractivity contribution is 5.92. The minimum Gasteiger partial charge on any atom is -0.443 e. The average molecular weight is 535 g/mol. The molecule has 2 aromatic carbocycles. The molecule has 3 fully saturated rings. The molecule has 2 aromatic rings. The number of hydrogen-bond acceptors (Lipinski definition) is 6. The minimum atomic E-state index is -0.873. The Morgan fingerprint density at radius 2 is 1.62 bits per heavy atom. The maximum absolute atomic E-state index is 14.1. The van der Waals surface area contributed by atoms with Gasteiger partial charge in [-0.2, -0.15) is 5.06 Å². The van der Waals surface area contributed by atoms with Crippen molar-refractivity contribution in [3.63, 3.8) is 0 Å². The fourth-order valence-corrected chi connectivity index (χ4v) is 5.77. The molecular weight excluding hydrogens is 496 g/mol. The number of ether oxygens (including phenoxy) is 1. The van der Waals surface area contributed by atoms with Gasteiger partial charge in [0.05, 0.1) is 6.54 Å². The molecule has 9 nitrogen and oxygen atoms in total. The molecule has 0 saturated carbocycles. The van der Waals surface area contributed by atoms with Gasteiger partial charge in [0.2, 0.25) is 5.91 Å². The van der Waals surface area contributed by atoms with Crippen molar-refractivity contribution in [1.82, 2.24) is 20.2 Å². The first-order chi connectivity index (χ1) is 18.9. The second kappa shape index (κ2) is 12.2. The molecule has 3 aliphatic rings. The van der Waals surface area contributed by atoms with Crippen LogP contribution in [0.4, 0.5) is 4.79 Å². The van der Waals surface area contributed by atoms with E-state index in [1.54, 1.807) is 4.90 Å². The number of carbonyl (C=O) groups is 3. The number of piperidine rings is 1. The molecule has 208 valence electrons. The standard InChI is InChI=1S/C30H38N4O5/c1-21(2)17-26-29(36)33-25(18-22-9-5-3-6-10-22)28(35)32(24-13-15-31-16-14-24)19-27(33)34(39-26)30(37)38-20-23-11-7-4-8-12-23/h3-12,21,24-27,31H,13-20H2,1-2H3/t25-,26+,27-/m0/s1. The van der Waals surface area contributed by atoms with E-state index in [0.717, 1.165) is 37.1 Å². The lowest BCUT2D eigenvalue weighted by Crippen LogP contribution is -2.75. The molecular formula is C30H38N4O5. The topological polar surface area (TPSA) is 91.4 Å². The van der Waals surface area contributed by atoms with Crippen LogP contribution >= 0.6 is 0 Å². The van der Waals surface area contributed by atoms with E-state index >= 15 is 0 Å². The summed E-state index contributed by atoms with van der Waals surface area (Å²) in [7, 11) is 0. The van der Waals surface area contributed by atoms with Gasteiger partial charge in [-0.05, 0) is 49.4 Å². The predicted octanol–water partition coefficient (Wildman–Crippen LogP) is 3.35. The van der Waals surface area contributed by atoms with E-state index in [9.17, 15) is 14.4 Å². The van der Waals surface area contributed by atoms with Crippen molar-refractivity contribution in [1.29, 1.82) is 0 Å². The van der Waals surface area contributed by atoms with Gasteiger partial charge in [-0.1, -0.05) is 74.5 Å². The molecule has 3 amide bonds. The van der Waals surface area contributed by atoms with Gasteiger partial charge in [-0.25, -0.2) is 4.79 Å². The molecule has 39 heavy (non-hydrogen) atoms. The van der Waals surface area contributed by atoms with Crippen LogP contribution in [-0.4, -0.2) is 76.8 Å². The Balaban J connectivity index is 1.48. The molecule has 5 rings (SSSR count). The fraction of sp³-hybridized carbons (Fsp3) is 0.500. The molecule has 0 spiro atoms. The largest absolute Gasteiger partial charge is 0.443 e. The summed E-state index contributed by atoms with van der Waals surface area (Å²) in [4.78, 5) is 51.1. The highest BCUT2D eigenvalue weighted by Crippen LogP contribution is 2.33. The van der Waals surface area contributed by atoms with Crippen molar-refractivity contribution in [2.75, 3.05) is 19.6 Å². The van der Waals surface area contributed by atoms with Gasteiger partial charge in [-0.15, -0.1) is 0 Å². The second-order valence-electron chi connectivity index (χ2n) is 11.0. The lowest BCUT2D eigenvalue weighted by Gasteiger charge is -2.54. The highest BCUT2D eigenvalue weighted by atomic mass is 16.7. The molecule has 0 aromatic heterocycles. The summed E-state index contributed by atoms with van der Waals surface area (Å²) in [5.41, 5.74) is 1.81. The maximum atomic E-state index is 14.1. The van der Waals surface area contributed by atoms with Crippen LogP contribution in [0.15, 0.2) is 60.7 Å². The van der Waals surface area contributed by atoms with E-state index in [1.807, 2.05) is 79.4 Å². The Kier molecular flexibility index (Phi) is 8.47. The molecule has 0 radical (unpaired) electrons. The molecule has 3 aliphatic heterocycles. The van der Waals surface area contributed by atoms with Crippen molar-refractivity contribution >= 4 is 17.9 Å². The number of rotatable bonds is 7. The van der Waals surface area contributed by atoms with Crippen LogP contribution < -0.4 is 5.32 Å². The Morgan fingerprint density at radius 3 is 2.26 bits per heavy atom. The fourth-order valence-electron chi connectivity index (χ4n) is 5.77. The number of fused-ring (bicyclic) bond motifs is 1. The zero-order valence-corrected chi connectivity index (χ0v) is 22.7. The third-order valence-corrected chi connectivity index (χ3v) is 7.72. The van der Waals surface area contributed by atoms with Crippen molar-refractivity contribution in [2.45, 2.75) is 70.5 Å². The second-order valence-corrected chi connectivity index (χ2v) is 11.0. The molecule has 0 unspecified atom stereocenters. The number of amides is 3. The lowest BCUT2D eigenvalue weighted by atomic mass is 9.94. The lowest BCUT2D eigenvalue weighted by molar-refractivity contribution is -0.270. The first-order valence-electron chi connectivity index (χ1n) is 14.0. The van der Waals surface area contributed by atoms with Crippen LogP contribution in [0.25, 0.3) is 0 Å². The Hall–Kier alpha value is -3.43. The van der Waals surface area contributed by atoms with Gasteiger partial charge in [0.25, 0.3) is 5.91 Å². The molecule has 3 atom stereocenters. The SMILES string of the molecule is CC(C)C[C@H]1ON(C(=O)OCc2ccccc2)[C@H]2CN(C3CCNCC3)C(=O)[C@H](Cc3ccccc3)N2C1=O. The first kappa shape index (κ1) is 27.1. The first-order valence-corrected chi connectivity index (χ1v) is 14.0. The highest BCUT2D eigenvalue weighted by Gasteiger charge is 2.54. The minimum absolute atomic E-state index is 0.0323. The van der Waals surface area contributed by atoms with Crippen LogP contribution in [-0.2, 0) is 32.2 Å². The van der Waals surface area contributed by atoms with Crippen molar-refractivity contribution in [3.8, 4) is 0 Å². The molecule has 1 N–H and O–H groups in total. The number of nitrogens with zero attached hydrogens (tertiary/aromatic N) is 3. The molecule has 3 saturated heterocycles. The van der Waals surface area contributed by atoms with Crippen molar-refractivity contribution < 1.29 is 24.0 Å².